The molecule has 1 aromatic carbocycles. The number of ether oxygens (including phenoxy) is 1. The molecular weight excluding hydrogens is 294 g/mol. The van der Waals surface area contributed by atoms with Gasteiger partial charge in [0.1, 0.15) is 5.75 Å². The maximum absolute atomic E-state index is 11.8. The highest BCUT2D eigenvalue weighted by Gasteiger charge is 2.16. The summed E-state index contributed by atoms with van der Waals surface area (Å²) >= 11 is 0. The predicted octanol–water partition coefficient (Wildman–Crippen LogP) is -1.16. The van der Waals surface area contributed by atoms with Crippen molar-refractivity contribution in [3.05, 3.63) is 18.2 Å². The molecule has 19 heavy (non-hydrogen) atoms. The van der Waals surface area contributed by atoms with Crippen LogP contribution in [0.3, 0.4) is 0 Å². The third kappa shape index (κ3) is 4.67. The highest BCUT2D eigenvalue weighted by molar-refractivity contribution is 7.90. The molecule has 0 atom stereocenters. The zero-order chi connectivity index (χ0) is 14.7. The van der Waals surface area contributed by atoms with E-state index in [0.717, 1.165) is 0 Å². The molecule has 0 aliphatic heterocycles. The lowest BCUT2D eigenvalue weighted by Crippen LogP contribution is -2.31. The number of benzene rings is 1. The molecule has 0 saturated carbocycles. The summed E-state index contributed by atoms with van der Waals surface area (Å²) in [5.74, 6) is -0.138. The van der Waals surface area contributed by atoms with E-state index in [1.807, 2.05) is 0 Å². The summed E-state index contributed by atoms with van der Waals surface area (Å²) in [6.07, 6.45) is 0. The fourth-order valence-electron chi connectivity index (χ4n) is 1.28. The van der Waals surface area contributed by atoms with Gasteiger partial charge in [0, 0.05) is 6.54 Å². The number of methoxy groups -OCH3 is 1. The number of nitrogens with two attached hydrogens (primary N) is 2. The van der Waals surface area contributed by atoms with Crippen LogP contribution in [0.25, 0.3) is 0 Å². The summed E-state index contributed by atoms with van der Waals surface area (Å²) in [6.45, 7) is -0.312. The van der Waals surface area contributed by atoms with Crippen LogP contribution in [0.4, 0.5) is 5.69 Å². The standard InChI is InChI=1S/C9H15N3O5S2/c1-17-9-3-2-7(6-8(9)10)19(15,16)12-4-5-18(11,13)14/h2-3,6,12H,4-5,10H2,1H3,(H2,11,13,14). The number of nitrogens with one attached hydrogen (secondary N) is 1. The van der Waals surface area contributed by atoms with E-state index in [1.54, 1.807) is 0 Å². The lowest BCUT2D eigenvalue weighted by molar-refractivity contribution is 0.416. The minimum Gasteiger partial charge on any atom is -0.495 e. The van der Waals surface area contributed by atoms with Crippen molar-refractivity contribution >= 4 is 25.7 Å². The van der Waals surface area contributed by atoms with Gasteiger partial charge in [-0.15, -0.1) is 0 Å². The molecule has 0 amide bonds. The summed E-state index contributed by atoms with van der Waals surface area (Å²) in [5.41, 5.74) is 5.76. The van der Waals surface area contributed by atoms with Crippen molar-refractivity contribution in [1.82, 2.24) is 4.72 Å². The number of hydrogen-bond acceptors (Lipinski definition) is 6. The van der Waals surface area contributed by atoms with Gasteiger partial charge in [0.15, 0.2) is 0 Å². The van der Waals surface area contributed by atoms with E-state index in [2.05, 4.69) is 4.72 Å². The van der Waals surface area contributed by atoms with Crippen LogP contribution in [0.1, 0.15) is 0 Å². The first kappa shape index (κ1) is 15.7. The van der Waals surface area contributed by atoms with Gasteiger partial charge in [-0.25, -0.2) is 26.7 Å². The molecule has 0 saturated heterocycles. The maximum atomic E-state index is 11.8. The van der Waals surface area contributed by atoms with Crippen molar-refractivity contribution in [3.63, 3.8) is 0 Å². The van der Waals surface area contributed by atoms with E-state index in [4.69, 9.17) is 15.6 Å². The first-order chi connectivity index (χ1) is 8.65. The highest BCUT2D eigenvalue weighted by atomic mass is 32.2. The van der Waals surface area contributed by atoms with Crippen molar-refractivity contribution in [2.75, 3.05) is 25.1 Å². The van der Waals surface area contributed by atoms with Gasteiger partial charge in [0.05, 0.1) is 23.4 Å². The lowest BCUT2D eigenvalue weighted by atomic mass is 10.3. The number of rotatable bonds is 6. The Labute approximate surface area is 111 Å². The summed E-state index contributed by atoms with van der Waals surface area (Å²) in [6, 6.07) is 3.93. The third-order valence-corrected chi connectivity index (χ3v) is 4.42. The Balaban J connectivity index is 2.86. The van der Waals surface area contributed by atoms with Crippen molar-refractivity contribution < 1.29 is 21.6 Å². The van der Waals surface area contributed by atoms with Gasteiger partial charge >= 0.3 is 0 Å². The van der Waals surface area contributed by atoms with Gasteiger partial charge < -0.3 is 10.5 Å². The quantitative estimate of drug-likeness (QED) is 0.566. The first-order valence-corrected chi connectivity index (χ1v) is 8.29. The largest absolute Gasteiger partial charge is 0.495 e. The van der Waals surface area contributed by atoms with E-state index in [-0.39, 0.29) is 17.1 Å². The van der Waals surface area contributed by atoms with E-state index >= 15 is 0 Å². The van der Waals surface area contributed by atoms with Gasteiger partial charge in [0.2, 0.25) is 20.0 Å². The Hall–Kier alpha value is -1.36. The van der Waals surface area contributed by atoms with Crippen molar-refractivity contribution in [3.8, 4) is 5.75 Å². The Morgan fingerprint density at radius 1 is 1.26 bits per heavy atom. The van der Waals surface area contributed by atoms with Crippen molar-refractivity contribution in [2.24, 2.45) is 5.14 Å². The molecule has 0 aromatic heterocycles. The average molecular weight is 309 g/mol. The smallest absolute Gasteiger partial charge is 0.240 e. The summed E-state index contributed by atoms with van der Waals surface area (Å²) in [7, 11) is -6.15. The van der Waals surface area contributed by atoms with Gasteiger partial charge in [-0.1, -0.05) is 0 Å². The normalized spacial score (nSPS) is 12.3. The second kappa shape index (κ2) is 5.74. The molecule has 0 heterocycles. The number of primary sulfonamides is 1. The first-order valence-electron chi connectivity index (χ1n) is 5.09. The summed E-state index contributed by atoms with van der Waals surface area (Å²) in [5, 5.41) is 4.77. The minimum atomic E-state index is -3.84. The monoisotopic (exact) mass is 309 g/mol. The summed E-state index contributed by atoms with van der Waals surface area (Å²) < 4.78 is 52.1. The topological polar surface area (TPSA) is 142 Å². The molecule has 0 spiro atoms. The Morgan fingerprint density at radius 2 is 1.89 bits per heavy atom. The van der Waals surface area contributed by atoms with Gasteiger partial charge in [-0.2, -0.15) is 0 Å². The SMILES string of the molecule is COc1ccc(S(=O)(=O)NCCS(N)(=O)=O)cc1N. The molecule has 0 unspecified atom stereocenters. The van der Waals surface area contributed by atoms with Crippen LogP contribution in [0.15, 0.2) is 23.1 Å². The molecule has 1 rings (SSSR count). The van der Waals surface area contributed by atoms with Crippen LogP contribution in [0.2, 0.25) is 0 Å². The third-order valence-electron chi connectivity index (χ3n) is 2.19. The van der Waals surface area contributed by atoms with Gasteiger partial charge in [-0.3, -0.25) is 0 Å². The van der Waals surface area contributed by atoms with E-state index in [9.17, 15) is 16.8 Å². The van der Waals surface area contributed by atoms with Gasteiger partial charge in [0.25, 0.3) is 0 Å². The molecule has 108 valence electrons. The molecular formula is C9H15N3O5S2. The van der Waals surface area contributed by atoms with Crippen LogP contribution in [-0.2, 0) is 20.0 Å². The number of sulfonamides is 2. The van der Waals surface area contributed by atoms with Crippen LogP contribution in [0, 0.1) is 0 Å². The van der Waals surface area contributed by atoms with Crippen LogP contribution >= 0.6 is 0 Å². The van der Waals surface area contributed by atoms with Crippen LogP contribution < -0.4 is 20.3 Å². The molecule has 5 N–H and O–H groups in total. The Morgan fingerprint density at radius 3 is 2.37 bits per heavy atom. The summed E-state index contributed by atoms with van der Waals surface area (Å²) in [4.78, 5) is -0.0831. The highest BCUT2D eigenvalue weighted by Crippen LogP contribution is 2.24. The predicted molar refractivity (Wildman–Crippen MR) is 70.6 cm³/mol. The molecule has 0 aliphatic carbocycles. The van der Waals surface area contributed by atoms with Gasteiger partial charge in [-0.05, 0) is 18.2 Å². The average Bonchev–Trinajstić information content (AvgIpc) is 2.26. The number of anilines is 1. The second-order valence-corrected chi connectivity index (χ2v) is 7.17. The van der Waals surface area contributed by atoms with Crippen LogP contribution in [0.5, 0.6) is 5.75 Å². The number of hydrogen-bond donors (Lipinski definition) is 3. The fraction of sp³-hybridized carbons (Fsp3) is 0.333. The number of nitrogen functional groups attached to an aromatic ring is 1. The Bertz CT molecular complexity index is 654. The van der Waals surface area contributed by atoms with E-state index in [1.165, 1.54) is 25.3 Å². The molecule has 10 heteroatoms. The molecule has 0 radical (unpaired) electrons. The van der Waals surface area contributed by atoms with Crippen LogP contribution in [-0.4, -0.2) is 36.2 Å². The molecule has 0 bridgehead atoms. The Kier molecular flexibility index (Phi) is 4.74. The molecule has 1 aromatic rings. The van der Waals surface area contributed by atoms with Crippen molar-refractivity contribution in [2.45, 2.75) is 4.90 Å². The second-order valence-electron chi connectivity index (χ2n) is 3.67. The molecule has 8 nitrogen and oxygen atoms in total. The van der Waals surface area contributed by atoms with Crippen molar-refractivity contribution in [1.29, 1.82) is 0 Å². The maximum Gasteiger partial charge on any atom is 0.240 e. The fourth-order valence-corrected chi connectivity index (χ4v) is 2.86. The lowest BCUT2D eigenvalue weighted by Gasteiger charge is -2.09. The zero-order valence-corrected chi connectivity index (χ0v) is 11.8. The molecule has 0 fully saturated rings. The van der Waals surface area contributed by atoms with E-state index < -0.39 is 25.8 Å². The zero-order valence-electron chi connectivity index (χ0n) is 10.2. The minimum absolute atomic E-state index is 0.0831. The molecule has 0 aliphatic rings. The van der Waals surface area contributed by atoms with E-state index in [0.29, 0.717) is 5.75 Å².